The van der Waals surface area contributed by atoms with Gasteiger partial charge in [-0.1, -0.05) is 39.0 Å². The van der Waals surface area contributed by atoms with Gasteiger partial charge >= 0.3 is 6.11 Å². The standard InChI is InChI=1S/C30H35F7O/c1-3-4-5-18-6-8-19(9-7-18)20-10-12-21(13-11-20)22-14-23(31)27(24(32)15-22)30(36,37)38-26-16-25(33)29(35)28(34)17(26)2/h14-16,18-21H,3-13H2,1-2H3. The summed E-state index contributed by atoms with van der Waals surface area (Å²) in [6.07, 6.45) is 7.61. The van der Waals surface area contributed by atoms with Crippen LogP contribution in [0.5, 0.6) is 5.75 Å². The topological polar surface area (TPSA) is 9.23 Å². The number of halogens is 7. The van der Waals surface area contributed by atoms with E-state index in [2.05, 4.69) is 11.7 Å². The van der Waals surface area contributed by atoms with Gasteiger partial charge in [-0.2, -0.15) is 8.78 Å². The molecule has 0 atom stereocenters. The Kier molecular flexibility index (Phi) is 8.98. The minimum absolute atomic E-state index is 0.137. The molecule has 2 aliphatic carbocycles. The Balaban J connectivity index is 1.41. The third kappa shape index (κ3) is 6.15. The predicted molar refractivity (Wildman–Crippen MR) is 132 cm³/mol. The van der Waals surface area contributed by atoms with Crippen molar-refractivity contribution in [3.8, 4) is 5.75 Å². The van der Waals surface area contributed by atoms with Crippen LogP contribution in [-0.2, 0) is 6.11 Å². The fourth-order valence-corrected chi connectivity index (χ4v) is 6.43. The lowest BCUT2D eigenvalue weighted by Gasteiger charge is -2.38. The Morgan fingerprint density at radius 3 is 1.87 bits per heavy atom. The first-order chi connectivity index (χ1) is 18.0. The summed E-state index contributed by atoms with van der Waals surface area (Å²) in [6.45, 7) is 3.11. The van der Waals surface area contributed by atoms with E-state index in [0.29, 0.717) is 17.4 Å². The summed E-state index contributed by atoms with van der Waals surface area (Å²) in [5, 5.41) is 0. The summed E-state index contributed by atoms with van der Waals surface area (Å²) >= 11 is 0. The molecule has 2 aromatic carbocycles. The SMILES string of the molecule is CCCCC1CCC(C2CCC(c3cc(F)c(C(F)(F)Oc4cc(F)c(F)c(F)c4C)c(F)c3)CC2)CC1. The molecule has 0 saturated heterocycles. The molecule has 0 amide bonds. The molecule has 1 nitrogen and oxygen atoms in total. The van der Waals surface area contributed by atoms with E-state index >= 15 is 0 Å². The van der Waals surface area contributed by atoms with Crippen LogP contribution in [0.25, 0.3) is 0 Å². The van der Waals surface area contributed by atoms with Crippen LogP contribution < -0.4 is 4.74 Å². The van der Waals surface area contributed by atoms with E-state index in [1.54, 1.807) is 0 Å². The molecule has 2 aromatic rings. The van der Waals surface area contributed by atoms with E-state index in [-0.39, 0.29) is 12.0 Å². The minimum Gasteiger partial charge on any atom is -0.428 e. The third-order valence-corrected chi connectivity index (χ3v) is 8.72. The highest BCUT2D eigenvalue weighted by Gasteiger charge is 2.42. The lowest BCUT2D eigenvalue weighted by molar-refractivity contribution is -0.190. The van der Waals surface area contributed by atoms with E-state index in [9.17, 15) is 30.7 Å². The zero-order chi connectivity index (χ0) is 27.6. The summed E-state index contributed by atoms with van der Waals surface area (Å²) in [5.41, 5.74) is -2.08. The summed E-state index contributed by atoms with van der Waals surface area (Å²) in [4.78, 5) is 0. The molecule has 0 spiro atoms. The highest BCUT2D eigenvalue weighted by Crippen LogP contribution is 2.46. The van der Waals surface area contributed by atoms with Gasteiger partial charge in [0, 0.05) is 11.6 Å². The first-order valence-electron chi connectivity index (χ1n) is 13.7. The second kappa shape index (κ2) is 11.9. The average molecular weight is 545 g/mol. The molecule has 38 heavy (non-hydrogen) atoms. The van der Waals surface area contributed by atoms with Gasteiger partial charge in [-0.25, -0.2) is 22.0 Å². The van der Waals surface area contributed by atoms with Crippen LogP contribution in [0.4, 0.5) is 30.7 Å². The van der Waals surface area contributed by atoms with Crippen molar-refractivity contribution < 1.29 is 35.5 Å². The van der Waals surface area contributed by atoms with Crippen molar-refractivity contribution in [1.29, 1.82) is 0 Å². The van der Waals surface area contributed by atoms with Crippen LogP contribution in [0.15, 0.2) is 18.2 Å². The second-order valence-electron chi connectivity index (χ2n) is 11.1. The molecule has 0 bridgehead atoms. The van der Waals surface area contributed by atoms with Crippen LogP contribution in [0.2, 0.25) is 0 Å². The molecule has 0 radical (unpaired) electrons. The summed E-state index contributed by atoms with van der Waals surface area (Å²) in [7, 11) is 0. The van der Waals surface area contributed by atoms with Crippen molar-refractivity contribution in [2.45, 2.75) is 96.5 Å². The fourth-order valence-electron chi connectivity index (χ4n) is 6.43. The minimum atomic E-state index is -4.58. The highest BCUT2D eigenvalue weighted by atomic mass is 19.3. The maximum atomic E-state index is 14.9. The van der Waals surface area contributed by atoms with Crippen molar-refractivity contribution in [3.63, 3.8) is 0 Å². The summed E-state index contributed by atoms with van der Waals surface area (Å²) < 4.78 is 104. The Hall–Kier alpha value is -2.25. The number of hydrogen-bond donors (Lipinski definition) is 0. The van der Waals surface area contributed by atoms with Crippen LogP contribution in [0.1, 0.15) is 100 Å². The fraction of sp³-hybridized carbons (Fsp3) is 0.600. The largest absolute Gasteiger partial charge is 0.432 e. The molecule has 0 unspecified atom stereocenters. The lowest BCUT2D eigenvalue weighted by atomic mass is 9.68. The highest BCUT2D eigenvalue weighted by molar-refractivity contribution is 5.37. The van der Waals surface area contributed by atoms with Crippen LogP contribution in [0.3, 0.4) is 0 Å². The predicted octanol–water partition coefficient (Wildman–Crippen LogP) is 10.1. The number of rotatable bonds is 8. The van der Waals surface area contributed by atoms with Crippen molar-refractivity contribution in [2.24, 2.45) is 17.8 Å². The molecule has 2 aliphatic rings. The van der Waals surface area contributed by atoms with Gasteiger partial charge in [-0.15, -0.1) is 0 Å². The van der Waals surface area contributed by atoms with Gasteiger partial charge < -0.3 is 4.74 Å². The molecule has 2 fully saturated rings. The summed E-state index contributed by atoms with van der Waals surface area (Å²) in [6, 6.07) is 2.03. The Bertz CT molecular complexity index is 1090. The second-order valence-corrected chi connectivity index (χ2v) is 11.1. The van der Waals surface area contributed by atoms with E-state index in [4.69, 9.17) is 0 Å². The van der Waals surface area contributed by atoms with Gasteiger partial charge in [0.15, 0.2) is 17.5 Å². The number of alkyl halides is 2. The molecule has 4 rings (SSSR count). The van der Waals surface area contributed by atoms with Crippen LogP contribution in [-0.4, -0.2) is 0 Å². The van der Waals surface area contributed by atoms with E-state index in [1.807, 2.05) is 0 Å². The van der Waals surface area contributed by atoms with Crippen LogP contribution in [0, 0.1) is 53.8 Å². The Labute approximate surface area is 219 Å². The molecular formula is C30H35F7O. The first kappa shape index (κ1) is 28.8. The number of hydrogen-bond acceptors (Lipinski definition) is 1. The van der Waals surface area contributed by atoms with Gasteiger partial charge in [-0.3, -0.25) is 0 Å². The molecule has 0 aliphatic heterocycles. The monoisotopic (exact) mass is 544 g/mol. The molecular weight excluding hydrogens is 509 g/mol. The number of unbranched alkanes of at least 4 members (excludes halogenated alkanes) is 1. The van der Waals surface area contributed by atoms with Gasteiger partial charge in [-0.05, 0) is 86.8 Å². The Morgan fingerprint density at radius 2 is 1.32 bits per heavy atom. The Morgan fingerprint density at radius 1 is 0.763 bits per heavy atom. The van der Waals surface area contributed by atoms with Crippen molar-refractivity contribution in [3.05, 3.63) is 64.0 Å². The van der Waals surface area contributed by atoms with Gasteiger partial charge in [0.05, 0.1) is 0 Å². The molecule has 210 valence electrons. The van der Waals surface area contributed by atoms with Crippen molar-refractivity contribution in [2.75, 3.05) is 0 Å². The van der Waals surface area contributed by atoms with Gasteiger partial charge in [0.2, 0.25) is 0 Å². The number of ether oxygens (including phenoxy) is 1. The van der Waals surface area contributed by atoms with E-state index in [1.165, 1.54) is 44.9 Å². The summed E-state index contributed by atoms with van der Waals surface area (Å²) in [5.74, 6) is -7.41. The quantitative estimate of drug-likeness (QED) is 0.237. The van der Waals surface area contributed by atoms with E-state index < -0.39 is 52.1 Å². The average Bonchev–Trinajstić information content (AvgIpc) is 2.89. The smallest absolute Gasteiger partial charge is 0.428 e. The zero-order valence-electron chi connectivity index (χ0n) is 21.9. The van der Waals surface area contributed by atoms with E-state index in [0.717, 1.165) is 50.7 Å². The molecule has 2 saturated carbocycles. The third-order valence-electron chi connectivity index (χ3n) is 8.72. The molecule has 0 N–H and O–H groups in total. The molecule has 8 heteroatoms. The maximum Gasteiger partial charge on any atom is 0.432 e. The zero-order valence-corrected chi connectivity index (χ0v) is 21.9. The number of benzene rings is 2. The normalized spacial score (nSPS) is 24.4. The van der Waals surface area contributed by atoms with Gasteiger partial charge in [0.25, 0.3) is 0 Å². The maximum absolute atomic E-state index is 14.9. The molecule has 0 aromatic heterocycles. The van der Waals surface area contributed by atoms with Crippen LogP contribution >= 0.6 is 0 Å². The van der Waals surface area contributed by atoms with Gasteiger partial charge in [0.1, 0.15) is 22.9 Å². The van der Waals surface area contributed by atoms with Crippen molar-refractivity contribution in [1.82, 2.24) is 0 Å². The lowest BCUT2D eigenvalue weighted by Crippen LogP contribution is -2.27. The molecule has 0 heterocycles. The first-order valence-corrected chi connectivity index (χ1v) is 13.7. The van der Waals surface area contributed by atoms with Crippen molar-refractivity contribution >= 4 is 0 Å².